The number of fused-ring (bicyclic) bond motifs is 1. The Kier molecular flexibility index (Phi) is 5.30. The Morgan fingerprint density at radius 2 is 1.86 bits per heavy atom. The second kappa shape index (κ2) is 7.87. The first-order valence-corrected chi connectivity index (χ1v) is 10.9. The van der Waals surface area contributed by atoms with Crippen molar-refractivity contribution < 1.29 is 13.2 Å². The number of benzene rings is 2. The summed E-state index contributed by atoms with van der Waals surface area (Å²) in [5.41, 5.74) is 3.00. The van der Waals surface area contributed by atoms with Crippen LogP contribution in [0.15, 0.2) is 59.5 Å². The average Bonchev–Trinajstić information content (AvgIpc) is 2.74. The lowest BCUT2D eigenvalue weighted by Crippen LogP contribution is -2.40. The number of rotatable bonds is 5. The van der Waals surface area contributed by atoms with Gasteiger partial charge in [-0.15, -0.1) is 0 Å². The molecule has 1 aliphatic heterocycles. The fourth-order valence-corrected chi connectivity index (χ4v) is 4.80. The average molecular weight is 398 g/mol. The fourth-order valence-electron chi connectivity index (χ4n) is 3.36. The quantitative estimate of drug-likeness (QED) is 0.713. The summed E-state index contributed by atoms with van der Waals surface area (Å²) >= 11 is 0. The van der Waals surface area contributed by atoms with Crippen LogP contribution in [0.4, 0.5) is 11.5 Å². The van der Waals surface area contributed by atoms with Crippen LogP contribution in [0.25, 0.3) is 10.9 Å². The van der Waals surface area contributed by atoms with Crippen LogP contribution in [0.5, 0.6) is 0 Å². The van der Waals surface area contributed by atoms with Gasteiger partial charge in [-0.3, -0.25) is 0 Å². The van der Waals surface area contributed by atoms with Crippen molar-refractivity contribution in [2.75, 3.05) is 31.6 Å². The maximum Gasteiger partial charge on any atom is 0.243 e. The molecule has 28 heavy (non-hydrogen) atoms. The van der Waals surface area contributed by atoms with E-state index in [-0.39, 0.29) is 0 Å². The lowest BCUT2D eigenvalue weighted by molar-refractivity contribution is 0.0730. The SMILES string of the molecule is CCc1ccccc1Nc1ccc2cc(S(=O)(=O)N3CCOCC3)ccc2n1. The molecule has 2 aromatic carbocycles. The molecule has 0 spiro atoms. The Bertz CT molecular complexity index is 1090. The molecule has 0 aliphatic carbocycles. The Morgan fingerprint density at radius 3 is 2.64 bits per heavy atom. The Morgan fingerprint density at radius 1 is 1.07 bits per heavy atom. The molecule has 1 aromatic heterocycles. The summed E-state index contributed by atoms with van der Waals surface area (Å²) < 4.78 is 32.4. The van der Waals surface area contributed by atoms with Crippen LogP contribution in [0, 0.1) is 0 Å². The van der Waals surface area contributed by atoms with E-state index >= 15 is 0 Å². The second-order valence-corrected chi connectivity index (χ2v) is 8.64. The van der Waals surface area contributed by atoms with Crippen molar-refractivity contribution in [3.8, 4) is 0 Å². The van der Waals surface area contributed by atoms with Gasteiger partial charge in [0.15, 0.2) is 0 Å². The van der Waals surface area contributed by atoms with Gasteiger partial charge in [0.2, 0.25) is 10.0 Å². The summed E-state index contributed by atoms with van der Waals surface area (Å²) in [4.78, 5) is 4.93. The van der Waals surface area contributed by atoms with E-state index in [9.17, 15) is 8.42 Å². The molecule has 1 aliphatic rings. The van der Waals surface area contributed by atoms with Crippen molar-refractivity contribution in [3.63, 3.8) is 0 Å². The minimum Gasteiger partial charge on any atom is -0.379 e. The highest BCUT2D eigenvalue weighted by Gasteiger charge is 2.26. The van der Waals surface area contributed by atoms with E-state index in [1.165, 1.54) is 9.87 Å². The molecule has 1 N–H and O–H groups in total. The van der Waals surface area contributed by atoms with Crippen LogP contribution in [0.1, 0.15) is 12.5 Å². The smallest absolute Gasteiger partial charge is 0.243 e. The number of pyridine rings is 1. The third-order valence-electron chi connectivity index (χ3n) is 4.93. The Balaban J connectivity index is 1.62. The highest BCUT2D eigenvalue weighted by molar-refractivity contribution is 7.89. The van der Waals surface area contributed by atoms with Crippen molar-refractivity contribution in [1.82, 2.24) is 9.29 Å². The summed E-state index contributed by atoms with van der Waals surface area (Å²) in [6.07, 6.45) is 0.930. The minimum atomic E-state index is -3.51. The zero-order valence-electron chi connectivity index (χ0n) is 15.8. The number of hydrogen-bond donors (Lipinski definition) is 1. The van der Waals surface area contributed by atoms with E-state index < -0.39 is 10.0 Å². The van der Waals surface area contributed by atoms with E-state index in [0.717, 1.165) is 28.8 Å². The van der Waals surface area contributed by atoms with E-state index in [4.69, 9.17) is 4.74 Å². The Hall–Kier alpha value is -2.48. The molecule has 0 unspecified atom stereocenters. The highest BCUT2D eigenvalue weighted by Crippen LogP contribution is 2.25. The largest absolute Gasteiger partial charge is 0.379 e. The third-order valence-corrected chi connectivity index (χ3v) is 6.82. The zero-order chi connectivity index (χ0) is 19.6. The van der Waals surface area contributed by atoms with Crippen molar-refractivity contribution in [2.24, 2.45) is 0 Å². The summed E-state index contributed by atoms with van der Waals surface area (Å²) in [6, 6.07) is 17.0. The van der Waals surface area contributed by atoms with E-state index in [1.807, 2.05) is 30.3 Å². The standard InChI is InChI=1S/C21H23N3O3S/c1-2-16-5-3-4-6-19(16)22-21-10-7-17-15-18(8-9-20(17)23-21)28(25,26)24-11-13-27-14-12-24/h3-10,15H,2,11-14H2,1H3,(H,22,23). The predicted molar refractivity (Wildman–Crippen MR) is 110 cm³/mol. The highest BCUT2D eigenvalue weighted by atomic mass is 32.2. The van der Waals surface area contributed by atoms with Gasteiger partial charge in [0.05, 0.1) is 23.6 Å². The summed E-state index contributed by atoms with van der Waals surface area (Å²) in [7, 11) is -3.51. The number of sulfonamides is 1. The molecule has 4 rings (SSSR count). The fraction of sp³-hybridized carbons (Fsp3) is 0.286. The molecule has 7 heteroatoms. The van der Waals surface area contributed by atoms with Gasteiger partial charge in [0.1, 0.15) is 5.82 Å². The van der Waals surface area contributed by atoms with E-state index in [0.29, 0.717) is 31.2 Å². The number of hydrogen-bond acceptors (Lipinski definition) is 5. The molecule has 0 amide bonds. The van der Waals surface area contributed by atoms with E-state index in [1.54, 1.807) is 18.2 Å². The summed E-state index contributed by atoms with van der Waals surface area (Å²) in [5, 5.41) is 4.16. The number of aryl methyl sites for hydroxylation is 1. The third kappa shape index (κ3) is 3.73. The summed E-state index contributed by atoms with van der Waals surface area (Å²) in [6.45, 7) is 3.76. The molecular weight excluding hydrogens is 374 g/mol. The molecule has 6 nitrogen and oxygen atoms in total. The molecule has 1 fully saturated rings. The number of anilines is 2. The van der Waals surface area contributed by atoms with Gasteiger partial charge >= 0.3 is 0 Å². The first-order chi connectivity index (χ1) is 13.6. The molecule has 1 saturated heterocycles. The van der Waals surface area contributed by atoms with Gasteiger partial charge in [0.25, 0.3) is 0 Å². The zero-order valence-corrected chi connectivity index (χ0v) is 16.6. The first-order valence-electron chi connectivity index (χ1n) is 9.41. The van der Waals surface area contributed by atoms with Gasteiger partial charge in [-0.1, -0.05) is 25.1 Å². The van der Waals surface area contributed by atoms with Crippen LogP contribution < -0.4 is 5.32 Å². The van der Waals surface area contributed by atoms with Gasteiger partial charge < -0.3 is 10.1 Å². The molecule has 146 valence electrons. The molecular formula is C21H23N3O3S. The lowest BCUT2D eigenvalue weighted by atomic mass is 10.1. The maximum absolute atomic E-state index is 12.8. The molecule has 0 radical (unpaired) electrons. The topological polar surface area (TPSA) is 71.5 Å². The normalized spacial score (nSPS) is 15.6. The van der Waals surface area contributed by atoms with Gasteiger partial charge in [-0.05, 0) is 48.4 Å². The molecule has 0 atom stereocenters. The van der Waals surface area contributed by atoms with Crippen LogP contribution in [-0.4, -0.2) is 44.0 Å². The van der Waals surface area contributed by atoms with Crippen LogP contribution in [0.2, 0.25) is 0 Å². The second-order valence-electron chi connectivity index (χ2n) is 6.70. The van der Waals surface area contributed by atoms with Gasteiger partial charge in [-0.2, -0.15) is 4.31 Å². The number of morpholine rings is 1. The summed E-state index contributed by atoms with van der Waals surface area (Å²) in [5.74, 6) is 0.734. The first kappa shape index (κ1) is 18.9. The molecule has 2 heterocycles. The lowest BCUT2D eigenvalue weighted by Gasteiger charge is -2.26. The maximum atomic E-state index is 12.8. The number of nitrogens with one attached hydrogen (secondary N) is 1. The van der Waals surface area contributed by atoms with Crippen LogP contribution in [0.3, 0.4) is 0 Å². The number of nitrogens with zero attached hydrogens (tertiary/aromatic N) is 2. The van der Waals surface area contributed by atoms with Gasteiger partial charge in [0, 0.05) is 24.2 Å². The van der Waals surface area contributed by atoms with Crippen molar-refractivity contribution in [2.45, 2.75) is 18.2 Å². The van der Waals surface area contributed by atoms with Crippen LogP contribution in [-0.2, 0) is 21.2 Å². The van der Waals surface area contributed by atoms with E-state index in [2.05, 4.69) is 23.3 Å². The molecule has 0 saturated carbocycles. The molecule has 3 aromatic rings. The van der Waals surface area contributed by atoms with Crippen LogP contribution >= 0.6 is 0 Å². The number of aromatic nitrogens is 1. The van der Waals surface area contributed by atoms with Crippen molar-refractivity contribution >= 4 is 32.4 Å². The van der Waals surface area contributed by atoms with Gasteiger partial charge in [-0.25, -0.2) is 13.4 Å². The minimum absolute atomic E-state index is 0.292. The molecule has 0 bridgehead atoms. The Labute approximate surface area is 165 Å². The number of para-hydroxylation sites is 1. The van der Waals surface area contributed by atoms with Crippen molar-refractivity contribution in [1.29, 1.82) is 0 Å². The number of ether oxygens (including phenoxy) is 1. The predicted octanol–water partition coefficient (Wildman–Crippen LogP) is 3.56. The monoisotopic (exact) mass is 397 g/mol. The van der Waals surface area contributed by atoms with Crippen molar-refractivity contribution in [3.05, 3.63) is 60.2 Å².